The molecule has 3 aromatic rings. The van der Waals surface area contributed by atoms with Gasteiger partial charge in [-0.05, 0) is 42.9 Å². The van der Waals surface area contributed by atoms with E-state index in [0.717, 1.165) is 40.6 Å². The van der Waals surface area contributed by atoms with Gasteiger partial charge in [-0.25, -0.2) is 4.79 Å². The first-order chi connectivity index (χ1) is 15.1. The van der Waals surface area contributed by atoms with Crippen LogP contribution in [-0.2, 0) is 33.8 Å². The average molecular weight is 421 g/mol. The smallest absolute Gasteiger partial charge is 0.326 e. The monoisotopic (exact) mass is 420 g/mol. The number of carbonyl (C=O) groups is 2. The van der Waals surface area contributed by atoms with Crippen molar-refractivity contribution < 1.29 is 19.4 Å². The molecular weight excluding hydrogens is 392 g/mol. The van der Waals surface area contributed by atoms with Gasteiger partial charge in [0.05, 0.1) is 6.61 Å². The molecule has 0 fully saturated rings. The third kappa shape index (κ3) is 4.49. The highest BCUT2D eigenvalue weighted by Gasteiger charge is 2.30. The van der Waals surface area contributed by atoms with E-state index in [1.54, 1.807) is 0 Å². The Morgan fingerprint density at radius 3 is 2.65 bits per heavy atom. The van der Waals surface area contributed by atoms with Gasteiger partial charge in [0.25, 0.3) is 0 Å². The molecule has 0 aliphatic heterocycles. The molecule has 1 heterocycles. The molecular formula is C25H28N2O4. The number of carboxylic acid groups (broad SMARTS) is 1. The number of nitrogens with one attached hydrogen (secondary N) is 1. The van der Waals surface area contributed by atoms with Gasteiger partial charge in [-0.2, -0.15) is 0 Å². The summed E-state index contributed by atoms with van der Waals surface area (Å²) in [5, 5.41) is 13.9. The van der Waals surface area contributed by atoms with Crippen LogP contribution in [0.3, 0.4) is 0 Å². The number of para-hydroxylation sites is 1. The molecule has 4 rings (SSSR count). The minimum Gasteiger partial charge on any atom is -0.480 e. The van der Waals surface area contributed by atoms with Crippen molar-refractivity contribution in [1.82, 2.24) is 9.88 Å². The molecule has 1 aliphatic rings. The molecule has 1 aliphatic carbocycles. The topological polar surface area (TPSA) is 80.6 Å². The second kappa shape index (κ2) is 9.35. The van der Waals surface area contributed by atoms with E-state index in [9.17, 15) is 14.7 Å². The number of ether oxygens (including phenoxy) is 1. The van der Waals surface area contributed by atoms with E-state index in [1.165, 1.54) is 0 Å². The lowest BCUT2D eigenvalue weighted by Gasteiger charge is -2.26. The van der Waals surface area contributed by atoms with Gasteiger partial charge in [-0.1, -0.05) is 55.5 Å². The van der Waals surface area contributed by atoms with Crippen LogP contribution in [0.2, 0.25) is 0 Å². The van der Waals surface area contributed by atoms with Gasteiger partial charge in [0, 0.05) is 22.6 Å². The first-order valence-corrected chi connectivity index (χ1v) is 10.8. The molecule has 0 spiro atoms. The zero-order valence-electron chi connectivity index (χ0n) is 17.7. The van der Waals surface area contributed by atoms with Crippen molar-refractivity contribution in [2.75, 3.05) is 6.61 Å². The summed E-state index contributed by atoms with van der Waals surface area (Å²) >= 11 is 0. The summed E-state index contributed by atoms with van der Waals surface area (Å²) in [4.78, 5) is 24.3. The zero-order valence-corrected chi connectivity index (χ0v) is 17.7. The maximum atomic E-state index is 12.4. The summed E-state index contributed by atoms with van der Waals surface area (Å²) in [5.74, 6) is -0.929. The number of aliphatic carboxylic acids is 1. The maximum Gasteiger partial charge on any atom is 0.326 e. The number of rotatable bonds is 8. The second-order valence-electron chi connectivity index (χ2n) is 8.06. The predicted octanol–water partition coefficient (Wildman–Crippen LogP) is 3.87. The van der Waals surface area contributed by atoms with Crippen LogP contribution in [0.1, 0.15) is 42.6 Å². The van der Waals surface area contributed by atoms with Gasteiger partial charge in [-0.3, -0.25) is 4.79 Å². The third-order valence-electron chi connectivity index (χ3n) is 6.00. The van der Waals surface area contributed by atoms with Crippen molar-refractivity contribution in [2.24, 2.45) is 0 Å². The molecule has 0 radical (unpaired) electrons. The number of aromatic nitrogens is 1. The number of hydrogen-bond acceptors (Lipinski definition) is 3. The Labute approximate surface area is 181 Å². The molecule has 0 saturated heterocycles. The number of amides is 1. The summed E-state index contributed by atoms with van der Waals surface area (Å²) in [7, 11) is 0. The quantitative estimate of drug-likeness (QED) is 0.580. The van der Waals surface area contributed by atoms with Crippen molar-refractivity contribution in [3.8, 4) is 0 Å². The van der Waals surface area contributed by atoms with E-state index in [4.69, 9.17) is 4.74 Å². The Kier molecular flexibility index (Phi) is 6.37. The lowest BCUT2D eigenvalue weighted by Crippen LogP contribution is -2.41. The van der Waals surface area contributed by atoms with Crippen molar-refractivity contribution in [1.29, 1.82) is 0 Å². The zero-order chi connectivity index (χ0) is 21.8. The highest BCUT2D eigenvalue weighted by molar-refractivity contribution is 5.88. The van der Waals surface area contributed by atoms with Crippen LogP contribution in [0.15, 0.2) is 54.6 Å². The van der Waals surface area contributed by atoms with E-state index in [-0.39, 0.29) is 18.6 Å². The fourth-order valence-electron chi connectivity index (χ4n) is 4.60. The summed E-state index contributed by atoms with van der Waals surface area (Å²) in [5.41, 5.74) is 4.23. The van der Waals surface area contributed by atoms with Gasteiger partial charge in [0.15, 0.2) is 0 Å². The van der Waals surface area contributed by atoms with Crippen LogP contribution >= 0.6 is 0 Å². The molecule has 2 atom stereocenters. The van der Waals surface area contributed by atoms with Crippen molar-refractivity contribution in [2.45, 2.75) is 51.3 Å². The van der Waals surface area contributed by atoms with Gasteiger partial charge in [0.2, 0.25) is 5.91 Å². The number of benzene rings is 2. The second-order valence-corrected chi connectivity index (χ2v) is 8.06. The van der Waals surface area contributed by atoms with Crippen molar-refractivity contribution in [3.05, 3.63) is 71.4 Å². The molecule has 1 amide bonds. The van der Waals surface area contributed by atoms with Gasteiger partial charge >= 0.3 is 5.97 Å². The Hall–Kier alpha value is -3.12. The van der Waals surface area contributed by atoms with Crippen molar-refractivity contribution in [3.63, 3.8) is 0 Å². The summed E-state index contributed by atoms with van der Waals surface area (Å²) < 4.78 is 7.55. The Balaban J connectivity index is 1.46. The predicted molar refractivity (Wildman–Crippen MR) is 119 cm³/mol. The van der Waals surface area contributed by atoms with Crippen molar-refractivity contribution >= 4 is 22.8 Å². The molecule has 162 valence electrons. The Morgan fingerprint density at radius 1 is 1.16 bits per heavy atom. The molecule has 31 heavy (non-hydrogen) atoms. The van der Waals surface area contributed by atoms with E-state index < -0.39 is 12.0 Å². The van der Waals surface area contributed by atoms with Gasteiger partial charge in [-0.15, -0.1) is 0 Å². The van der Waals surface area contributed by atoms with Crippen LogP contribution in [0.5, 0.6) is 0 Å². The molecule has 0 saturated carbocycles. The number of hydrogen-bond donors (Lipinski definition) is 2. The fourth-order valence-corrected chi connectivity index (χ4v) is 4.60. The minimum atomic E-state index is -0.808. The Bertz CT molecular complexity index is 1070. The first-order valence-electron chi connectivity index (χ1n) is 10.8. The van der Waals surface area contributed by atoms with Gasteiger partial charge < -0.3 is 19.7 Å². The molecule has 1 aromatic heterocycles. The number of fused-ring (bicyclic) bond motifs is 3. The minimum absolute atomic E-state index is 0.0180. The van der Waals surface area contributed by atoms with Gasteiger partial charge in [0.1, 0.15) is 12.6 Å². The summed E-state index contributed by atoms with van der Waals surface area (Å²) in [6.07, 6.45) is 2.75. The standard InChI is InChI=1S/C25H28N2O4/c1-2-21(25(29)30)27-22-11-7-6-10-19(22)20-14-18(12-13-23(20)27)26-24(28)16-31-15-17-8-4-3-5-9-17/h3-11,18,21H,2,12-16H2,1H3,(H,26,28)(H,29,30)/t18-,21?/m1/s1. The lowest BCUT2D eigenvalue weighted by molar-refractivity contribution is -0.141. The van der Waals surface area contributed by atoms with Crippen LogP contribution in [0.4, 0.5) is 0 Å². The average Bonchev–Trinajstić information content (AvgIpc) is 3.09. The molecule has 6 nitrogen and oxygen atoms in total. The molecule has 6 heteroatoms. The highest BCUT2D eigenvalue weighted by Crippen LogP contribution is 2.35. The Morgan fingerprint density at radius 2 is 1.90 bits per heavy atom. The molecule has 1 unspecified atom stereocenters. The maximum absolute atomic E-state index is 12.4. The molecule has 2 N–H and O–H groups in total. The number of carbonyl (C=O) groups excluding carboxylic acids is 1. The SMILES string of the molecule is CCC(C(=O)O)n1c2c(c3ccccc31)C[C@H](NC(=O)COCc1ccccc1)CC2. The summed E-state index contributed by atoms with van der Waals surface area (Å²) in [6, 6.07) is 17.2. The first kappa shape index (κ1) is 21.1. The number of nitrogens with zero attached hydrogens (tertiary/aromatic N) is 1. The fraction of sp³-hybridized carbons (Fsp3) is 0.360. The van der Waals surface area contributed by atoms with E-state index in [2.05, 4.69) is 5.32 Å². The summed E-state index contributed by atoms with van der Waals surface area (Å²) in [6.45, 7) is 2.34. The molecule has 0 bridgehead atoms. The largest absolute Gasteiger partial charge is 0.480 e. The highest BCUT2D eigenvalue weighted by atomic mass is 16.5. The van der Waals surface area contributed by atoms with Crippen LogP contribution in [-0.4, -0.2) is 34.2 Å². The number of carboxylic acids is 1. The van der Waals surface area contributed by atoms with Crippen LogP contribution in [0.25, 0.3) is 10.9 Å². The van der Waals surface area contributed by atoms with E-state index in [0.29, 0.717) is 19.4 Å². The van der Waals surface area contributed by atoms with E-state index >= 15 is 0 Å². The molecule has 2 aromatic carbocycles. The van der Waals surface area contributed by atoms with Crippen LogP contribution < -0.4 is 5.32 Å². The lowest BCUT2D eigenvalue weighted by atomic mass is 9.91. The third-order valence-corrected chi connectivity index (χ3v) is 6.00. The van der Waals surface area contributed by atoms with E-state index in [1.807, 2.05) is 66.1 Å². The normalized spacial score (nSPS) is 16.6. The van der Waals surface area contributed by atoms with Crippen LogP contribution in [0, 0.1) is 0 Å².